The normalized spacial score (nSPS) is 12.4. The zero-order valence-corrected chi connectivity index (χ0v) is 11.8. The Bertz CT molecular complexity index is 501. The number of halogens is 1. The van der Waals surface area contributed by atoms with Gasteiger partial charge in [0.05, 0.1) is 22.6 Å². The number of hydrogen-bond acceptors (Lipinski definition) is 4. The molecule has 0 aliphatic carbocycles. The summed E-state index contributed by atoms with van der Waals surface area (Å²) in [7, 11) is 0. The van der Waals surface area contributed by atoms with Gasteiger partial charge in [0.2, 0.25) is 0 Å². The molecule has 0 aliphatic heterocycles. The molecule has 0 aliphatic rings. The third-order valence-electron chi connectivity index (χ3n) is 2.30. The Labute approximate surface area is 113 Å². The molecule has 2 aromatic rings. The average molecular weight is 313 g/mol. The molecule has 2 rings (SSSR count). The van der Waals surface area contributed by atoms with E-state index in [0.717, 1.165) is 20.0 Å². The van der Waals surface area contributed by atoms with E-state index in [9.17, 15) is 0 Å². The van der Waals surface area contributed by atoms with Crippen molar-refractivity contribution in [2.75, 3.05) is 6.61 Å². The number of pyridine rings is 1. The van der Waals surface area contributed by atoms with Crippen LogP contribution in [0.4, 0.5) is 0 Å². The van der Waals surface area contributed by atoms with Crippen molar-refractivity contribution in [3.63, 3.8) is 0 Å². The van der Waals surface area contributed by atoms with Crippen LogP contribution in [-0.4, -0.2) is 11.6 Å². The lowest BCUT2D eigenvalue weighted by atomic mass is 10.1. The van der Waals surface area contributed by atoms with Crippen molar-refractivity contribution < 1.29 is 4.74 Å². The molecule has 2 N–H and O–H groups in total. The van der Waals surface area contributed by atoms with Crippen molar-refractivity contribution in [1.29, 1.82) is 0 Å². The van der Waals surface area contributed by atoms with Gasteiger partial charge >= 0.3 is 0 Å². The van der Waals surface area contributed by atoms with Gasteiger partial charge < -0.3 is 10.5 Å². The second-order valence-corrected chi connectivity index (χ2v) is 6.00. The molecule has 0 aromatic carbocycles. The SMILES string of the molecule is CCOc1cncc(C(N)c2ccc(Br)s2)c1. The van der Waals surface area contributed by atoms with Gasteiger partial charge in [0.1, 0.15) is 5.75 Å². The van der Waals surface area contributed by atoms with Gasteiger partial charge in [-0.3, -0.25) is 4.98 Å². The fourth-order valence-corrected chi connectivity index (χ4v) is 2.96. The number of nitrogens with two attached hydrogens (primary N) is 1. The second-order valence-electron chi connectivity index (χ2n) is 3.51. The maximum absolute atomic E-state index is 6.19. The summed E-state index contributed by atoms with van der Waals surface area (Å²) in [5, 5.41) is 0. The molecule has 0 spiro atoms. The van der Waals surface area contributed by atoms with Crippen LogP contribution in [0.1, 0.15) is 23.4 Å². The smallest absolute Gasteiger partial charge is 0.137 e. The molecule has 0 saturated heterocycles. The van der Waals surface area contributed by atoms with Gasteiger partial charge in [0, 0.05) is 11.1 Å². The monoisotopic (exact) mass is 312 g/mol. The van der Waals surface area contributed by atoms with Gasteiger partial charge in [0.25, 0.3) is 0 Å². The molecule has 90 valence electrons. The fraction of sp³-hybridized carbons (Fsp3) is 0.250. The van der Waals surface area contributed by atoms with Crippen LogP contribution in [0.5, 0.6) is 5.75 Å². The molecule has 2 heterocycles. The highest BCUT2D eigenvalue weighted by molar-refractivity contribution is 9.11. The van der Waals surface area contributed by atoms with Crippen molar-refractivity contribution in [1.82, 2.24) is 4.98 Å². The molecule has 0 fully saturated rings. The Kier molecular flexibility index (Phi) is 4.15. The molecule has 17 heavy (non-hydrogen) atoms. The van der Waals surface area contributed by atoms with Crippen LogP contribution in [-0.2, 0) is 0 Å². The van der Waals surface area contributed by atoms with Crippen LogP contribution in [0, 0.1) is 0 Å². The first-order valence-corrected chi connectivity index (χ1v) is 6.90. The molecule has 0 amide bonds. The number of thiophene rings is 1. The number of hydrogen-bond donors (Lipinski definition) is 1. The Morgan fingerprint density at radius 1 is 1.47 bits per heavy atom. The maximum atomic E-state index is 6.19. The Morgan fingerprint density at radius 2 is 2.29 bits per heavy atom. The summed E-state index contributed by atoms with van der Waals surface area (Å²) in [4.78, 5) is 5.25. The van der Waals surface area contributed by atoms with E-state index in [1.807, 2.05) is 25.1 Å². The molecule has 0 saturated carbocycles. The van der Waals surface area contributed by atoms with Crippen LogP contribution in [0.3, 0.4) is 0 Å². The minimum atomic E-state index is -0.154. The summed E-state index contributed by atoms with van der Waals surface area (Å²) in [6.45, 7) is 2.58. The lowest BCUT2D eigenvalue weighted by molar-refractivity contribution is 0.338. The number of ether oxygens (including phenoxy) is 1. The minimum absolute atomic E-state index is 0.154. The van der Waals surface area contributed by atoms with E-state index in [0.29, 0.717) is 6.61 Å². The molecule has 0 radical (unpaired) electrons. The van der Waals surface area contributed by atoms with Crippen LogP contribution in [0.25, 0.3) is 0 Å². The van der Waals surface area contributed by atoms with Crippen LogP contribution >= 0.6 is 27.3 Å². The first kappa shape index (κ1) is 12.5. The average Bonchev–Trinajstić information content (AvgIpc) is 2.76. The van der Waals surface area contributed by atoms with E-state index in [1.54, 1.807) is 23.7 Å². The summed E-state index contributed by atoms with van der Waals surface area (Å²) in [5.74, 6) is 0.760. The molecule has 5 heteroatoms. The summed E-state index contributed by atoms with van der Waals surface area (Å²) in [5.41, 5.74) is 7.15. The van der Waals surface area contributed by atoms with E-state index >= 15 is 0 Å². The summed E-state index contributed by atoms with van der Waals surface area (Å²) in [6, 6.07) is 5.81. The van der Waals surface area contributed by atoms with Crippen molar-refractivity contribution in [2.45, 2.75) is 13.0 Å². The number of nitrogens with zero attached hydrogens (tertiary/aromatic N) is 1. The molecular formula is C12H13BrN2OS. The summed E-state index contributed by atoms with van der Waals surface area (Å²) in [6.07, 6.45) is 3.48. The number of aromatic nitrogens is 1. The van der Waals surface area contributed by atoms with E-state index in [-0.39, 0.29) is 6.04 Å². The lowest BCUT2D eigenvalue weighted by Gasteiger charge is -2.11. The quantitative estimate of drug-likeness (QED) is 0.941. The minimum Gasteiger partial charge on any atom is -0.492 e. The Hall–Kier alpha value is -0.910. The zero-order chi connectivity index (χ0) is 12.3. The predicted octanol–water partition coefficient (Wildman–Crippen LogP) is 3.35. The second kappa shape index (κ2) is 5.62. The highest BCUT2D eigenvalue weighted by Gasteiger charge is 2.12. The Morgan fingerprint density at radius 3 is 2.94 bits per heavy atom. The van der Waals surface area contributed by atoms with E-state index < -0.39 is 0 Å². The van der Waals surface area contributed by atoms with Crippen molar-refractivity contribution in [3.05, 3.63) is 44.8 Å². The van der Waals surface area contributed by atoms with E-state index in [1.165, 1.54) is 0 Å². The van der Waals surface area contributed by atoms with Crippen molar-refractivity contribution >= 4 is 27.3 Å². The van der Waals surface area contributed by atoms with Crippen LogP contribution in [0.15, 0.2) is 34.4 Å². The summed E-state index contributed by atoms with van der Waals surface area (Å²) >= 11 is 5.07. The van der Waals surface area contributed by atoms with E-state index in [4.69, 9.17) is 10.5 Å². The Balaban J connectivity index is 2.24. The van der Waals surface area contributed by atoms with Crippen LogP contribution in [0.2, 0.25) is 0 Å². The third-order valence-corrected chi connectivity index (χ3v) is 4.01. The fourth-order valence-electron chi connectivity index (χ4n) is 1.51. The highest BCUT2D eigenvalue weighted by Crippen LogP contribution is 2.30. The van der Waals surface area contributed by atoms with Gasteiger partial charge in [-0.15, -0.1) is 11.3 Å². The largest absolute Gasteiger partial charge is 0.492 e. The molecule has 1 unspecified atom stereocenters. The molecular weight excluding hydrogens is 300 g/mol. The van der Waals surface area contributed by atoms with Gasteiger partial charge in [-0.2, -0.15) is 0 Å². The first-order chi connectivity index (χ1) is 8.20. The molecule has 3 nitrogen and oxygen atoms in total. The van der Waals surface area contributed by atoms with Crippen LogP contribution < -0.4 is 10.5 Å². The maximum Gasteiger partial charge on any atom is 0.137 e. The first-order valence-electron chi connectivity index (χ1n) is 5.29. The van der Waals surface area contributed by atoms with Crippen molar-refractivity contribution in [2.24, 2.45) is 5.73 Å². The molecule has 0 bridgehead atoms. The predicted molar refractivity (Wildman–Crippen MR) is 73.5 cm³/mol. The van der Waals surface area contributed by atoms with Gasteiger partial charge in [-0.1, -0.05) is 0 Å². The summed E-state index contributed by atoms with van der Waals surface area (Å²) < 4.78 is 6.49. The lowest BCUT2D eigenvalue weighted by Crippen LogP contribution is -2.10. The highest BCUT2D eigenvalue weighted by atomic mass is 79.9. The standard InChI is InChI=1S/C12H13BrN2OS/c1-2-16-9-5-8(6-15-7-9)12(14)10-3-4-11(13)17-10/h3-7,12H,2,14H2,1H3. The number of rotatable bonds is 4. The van der Waals surface area contributed by atoms with Gasteiger partial charge in [-0.05, 0) is 46.6 Å². The van der Waals surface area contributed by atoms with Gasteiger partial charge in [0.15, 0.2) is 0 Å². The third kappa shape index (κ3) is 3.06. The molecule has 2 aromatic heterocycles. The topological polar surface area (TPSA) is 48.1 Å². The van der Waals surface area contributed by atoms with Crippen molar-refractivity contribution in [3.8, 4) is 5.75 Å². The molecule has 1 atom stereocenters. The zero-order valence-electron chi connectivity index (χ0n) is 9.39. The van der Waals surface area contributed by atoms with Gasteiger partial charge in [-0.25, -0.2) is 0 Å². The van der Waals surface area contributed by atoms with E-state index in [2.05, 4.69) is 20.9 Å².